The van der Waals surface area contributed by atoms with Crippen LogP contribution in [0.5, 0.6) is 0 Å². The van der Waals surface area contributed by atoms with Gasteiger partial charge in [0.2, 0.25) is 11.8 Å². The summed E-state index contributed by atoms with van der Waals surface area (Å²) in [7, 11) is 0. The molecule has 0 spiro atoms. The number of hydrogen-bond donors (Lipinski definition) is 1. The molecule has 0 radical (unpaired) electrons. The number of amides is 2. The SMILES string of the molecule is CC(C)[C@H](N)C(=O)N1CCN(C(=O)C[C@@H](C)CC(C)(C)C)[C@H](C)C1. The molecule has 1 saturated heterocycles. The summed E-state index contributed by atoms with van der Waals surface area (Å²) in [6.07, 6.45) is 1.62. The first-order valence-electron chi connectivity index (χ1n) is 9.26. The Morgan fingerprint density at radius 3 is 2.21 bits per heavy atom. The van der Waals surface area contributed by atoms with E-state index in [2.05, 4.69) is 27.7 Å². The molecule has 0 bridgehead atoms. The molecule has 24 heavy (non-hydrogen) atoms. The molecule has 0 aromatic heterocycles. The molecule has 3 atom stereocenters. The second-order valence-corrected chi connectivity index (χ2v) is 9.06. The second kappa shape index (κ2) is 8.32. The molecule has 0 saturated carbocycles. The van der Waals surface area contributed by atoms with Gasteiger partial charge in [0.15, 0.2) is 0 Å². The standard InChI is InChI=1S/C19H37N3O2/c1-13(2)17(20)18(24)21-8-9-22(15(4)12-21)16(23)10-14(3)11-19(5,6)7/h13-15,17H,8-12,20H2,1-7H3/t14-,15-,17+/m1/s1. The van der Waals surface area contributed by atoms with E-state index in [9.17, 15) is 9.59 Å². The maximum Gasteiger partial charge on any atom is 0.239 e. The number of rotatable bonds is 5. The number of nitrogens with zero attached hydrogens (tertiary/aromatic N) is 2. The highest BCUT2D eigenvalue weighted by Gasteiger charge is 2.33. The molecule has 1 fully saturated rings. The first-order valence-corrected chi connectivity index (χ1v) is 9.26. The maximum atomic E-state index is 12.6. The summed E-state index contributed by atoms with van der Waals surface area (Å²) in [5.74, 6) is 0.717. The zero-order chi connectivity index (χ0) is 18.7. The zero-order valence-corrected chi connectivity index (χ0v) is 16.6. The predicted octanol–water partition coefficient (Wildman–Crippen LogP) is 2.49. The Balaban J connectivity index is 2.57. The summed E-state index contributed by atoms with van der Waals surface area (Å²) in [4.78, 5) is 28.8. The quantitative estimate of drug-likeness (QED) is 0.837. The molecule has 1 heterocycles. The van der Waals surface area contributed by atoms with Gasteiger partial charge in [-0.3, -0.25) is 9.59 Å². The fourth-order valence-corrected chi connectivity index (χ4v) is 3.56. The van der Waals surface area contributed by atoms with Crippen LogP contribution in [0.1, 0.15) is 61.3 Å². The minimum Gasteiger partial charge on any atom is -0.338 e. The average Bonchev–Trinajstić information content (AvgIpc) is 2.42. The first kappa shape index (κ1) is 20.9. The molecule has 0 aromatic carbocycles. The van der Waals surface area contributed by atoms with Crippen LogP contribution in [0.25, 0.3) is 0 Å². The molecule has 1 aliphatic heterocycles. The van der Waals surface area contributed by atoms with Crippen LogP contribution in [0, 0.1) is 17.3 Å². The summed E-state index contributed by atoms with van der Waals surface area (Å²) >= 11 is 0. The molecule has 2 N–H and O–H groups in total. The number of nitrogens with two attached hydrogens (primary N) is 1. The van der Waals surface area contributed by atoms with Gasteiger partial charge >= 0.3 is 0 Å². The molecule has 1 rings (SSSR count). The number of carbonyl (C=O) groups is 2. The van der Waals surface area contributed by atoms with Crippen molar-refractivity contribution >= 4 is 11.8 Å². The number of piperazine rings is 1. The van der Waals surface area contributed by atoms with Crippen LogP contribution in [-0.4, -0.2) is 53.3 Å². The summed E-state index contributed by atoms with van der Waals surface area (Å²) in [6.45, 7) is 16.5. The molecule has 0 aliphatic carbocycles. The van der Waals surface area contributed by atoms with Crippen molar-refractivity contribution in [3.05, 3.63) is 0 Å². The predicted molar refractivity (Wildman–Crippen MR) is 98.4 cm³/mol. The highest BCUT2D eigenvalue weighted by Crippen LogP contribution is 2.27. The van der Waals surface area contributed by atoms with E-state index < -0.39 is 6.04 Å². The largest absolute Gasteiger partial charge is 0.338 e. The van der Waals surface area contributed by atoms with Crippen molar-refractivity contribution in [3.8, 4) is 0 Å². The lowest BCUT2D eigenvalue weighted by molar-refractivity contribution is -0.144. The normalized spacial score (nSPS) is 21.8. The third kappa shape index (κ3) is 6.08. The van der Waals surface area contributed by atoms with Gasteiger partial charge in [0.25, 0.3) is 0 Å². The van der Waals surface area contributed by atoms with Gasteiger partial charge in [-0.1, -0.05) is 41.5 Å². The Morgan fingerprint density at radius 1 is 1.17 bits per heavy atom. The fraction of sp³-hybridized carbons (Fsp3) is 0.895. The lowest BCUT2D eigenvalue weighted by atomic mass is 9.84. The minimum atomic E-state index is -0.453. The Kier molecular flexibility index (Phi) is 7.26. The van der Waals surface area contributed by atoms with Gasteiger partial charge in [-0.25, -0.2) is 0 Å². The Bertz CT molecular complexity index is 442. The fourth-order valence-electron chi connectivity index (χ4n) is 3.56. The van der Waals surface area contributed by atoms with Crippen LogP contribution >= 0.6 is 0 Å². The van der Waals surface area contributed by atoms with E-state index in [4.69, 9.17) is 5.73 Å². The second-order valence-electron chi connectivity index (χ2n) is 9.06. The van der Waals surface area contributed by atoms with E-state index in [1.54, 1.807) is 0 Å². The summed E-state index contributed by atoms with van der Waals surface area (Å²) in [5.41, 5.74) is 6.22. The average molecular weight is 340 g/mol. The van der Waals surface area contributed by atoms with Crippen molar-refractivity contribution < 1.29 is 9.59 Å². The summed E-state index contributed by atoms with van der Waals surface area (Å²) < 4.78 is 0. The van der Waals surface area contributed by atoms with Crippen LogP contribution in [-0.2, 0) is 9.59 Å². The van der Waals surface area contributed by atoms with Gasteiger partial charge in [0, 0.05) is 32.1 Å². The van der Waals surface area contributed by atoms with Gasteiger partial charge in [0.05, 0.1) is 6.04 Å². The smallest absolute Gasteiger partial charge is 0.239 e. The summed E-state index contributed by atoms with van der Waals surface area (Å²) in [5, 5.41) is 0. The van der Waals surface area contributed by atoms with Crippen LogP contribution < -0.4 is 5.73 Å². The molecule has 5 heteroatoms. The van der Waals surface area contributed by atoms with Crippen molar-refractivity contribution in [2.24, 2.45) is 23.0 Å². The van der Waals surface area contributed by atoms with Gasteiger partial charge in [0.1, 0.15) is 0 Å². The highest BCUT2D eigenvalue weighted by atomic mass is 16.2. The van der Waals surface area contributed by atoms with Gasteiger partial charge in [-0.2, -0.15) is 0 Å². The molecule has 0 aromatic rings. The van der Waals surface area contributed by atoms with Crippen molar-refractivity contribution in [2.75, 3.05) is 19.6 Å². The lowest BCUT2D eigenvalue weighted by Gasteiger charge is -2.41. The van der Waals surface area contributed by atoms with Crippen LogP contribution in [0.3, 0.4) is 0 Å². The topological polar surface area (TPSA) is 66.6 Å². The van der Waals surface area contributed by atoms with Crippen LogP contribution in [0.15, 0.2) is 0 Å². The maximum absolute atomic E-state index is 12.6. The van der Waals surface area contributed by atoms with E-state index in [1.807, 2.05) is 30.6 Å². The van der Waals surface area contributed by atoms with E-state index in [-0.39, 0.29) is 29.2 Å². The Hall–Kier alpha value is -1.10. The molecule has 1 aliphatic rings. The molecule has 0 unspecified atom stereocenters. The monoisotopic (exact) mass is 339 g/mol. The van der Waals surface area contributed by atoms with Crippen molar-refractivity contribution in [3.63, 3.8) is 0 Å². The van der Waals surface area contributed by atoms with E-state index >= 15 is 0 Å². The Morgan fingerprint density at radius 2 is 1.75 bits per heavy atom. The zero-order valence-electron chi connectivity index (χ0n) is 16.6. The molecule has 2 amide bonds. The van der Waals surface area contributed by atoms with E-state index in [0.29, 0.717) is 32.0 Å². The molecule has 140 valence electrons. The summed E-state index contributed by atoms with van der Waals surface area (Å²) in [6, 6.07) is -0.400. The minimum absolute atomic E-state index is 0.00468. The molecule has 5 nitrogen and oxygen atoms in total. The van der Waals surface area contributed by atoms with Crippen molar-refractivity contribution in [2.45, 2.75) is 73.4 Å². The number of hydrogen-bond acceptors (Lipinski definition) is 3. The van der Waals surface area contributed by atoms with E-state index in [0.717, 1.165) is 6.42 Å². The molecular weight excluding hydrogens is 302 g/mol. The van der Waals surface area contributed by atoms with Gasteiger partial charge in [-0.15, -0.1) is 0 Å². The van der Waals surface area contributed by atoms with Crippen molar-refractivity contribution in [1.82, 2.24) is 9.80 Å². The van der Waals surface area contributed by atoms with Gasteiger partial charge < -0.3 is 15.5 Å². The Labute approximate surface area is 147 Å². The molecular formula is C19H37N3O2. The third-order valence-corrected chi connectivity index (χ3v) is 4.75. The van der Waals surface area contributed by atoms with Crippen molar-refractivity contribution in [1.29, 1.82) is 0 Å². The third-order valence-electron chi connectivity index (χ3n) is 4.75. The van der Waals surface area contributed by atoms with Crippen LogP contribution in [0.2, 0.25) is 0 Å². The van der Waals surface area contributed by atoms with Gasteiger partial charge in [-0.05, 0) is 30.6 Å². The van der Waals surface area contributed by atoms with Crippen LogP contribution in [0.4, 0.5) is 0 Å². The number of carbonyl (C=O) groups excluding carboxylic acids is 2. The first-order chi connectivity index (χ1) is 10.9. The highest BCUT2D eigenvalue weighted by molar-refractivity contribution is 5.82. The lowest BCUT2D eigenvalue weighted by Crippen LogP contribution is -2.58. The van der Waals surface area contributed by atoms with E-state index in [1.165, 1.54) is 0 Å².